The van der Waals surface area contributed by atoms with E-state index in [9.17, 15) is 4.79 Å². The van der Waals surface area contributed by atoms with Crippen molar-refractivity contribution in [2.45, 2.75) is 18.6 Å². The Morgan fingerprint density at radius 3 is 2.71 bits per heavy atom. The number of nitrogens with two attached hydrogens (primary N) is 1. The van der Waals surface area contributed by atoms with Crippen molar-refractivity contribution < 1.29 is 4.79 Å². The number of hydrogen-bond donors (Lipinski definition) is 2. The SMILES string of the molecule is N[C@@H]1CCN2c3c(cccc31)C(=O)N[C@H]2c1ccccc1. The largest absolute Gasteiger partial charge is 0.346 e. The molecule has 21 heavy (non-hydrogen) atoms. The predicted molar refractivity (Wildman–Crippen MR) is 82.0 cm³/mol. The van der Waals surface area contributed by atoms with Crippen LogP contribution in [0.2, 0.25) is 0 Å². The summed E-state index contributed by atoms with van der Waals surface area (Å²) in [5, 5.41) is 3.11. The number of carbonyl (C=O) groups excluding carboxylic acids is 1. The summed E-state index contributed by atoms with van der Waals surface area (Å²) in [4.78, 5) is 14.7. The van der Waals surface area contributed by atoms with Gasteiger partial charge in [0, 0.05) is 12.6 Å². The van der Waals surface area contributed by atoms with Crippen LogP contribution in [0.4, 0.5) is 5.69 Å². The summed E-state index contributed by atoms with van der Waals surface area (Å²) in [5.74, 6) is -0.0222. The smallest absolute Gasteiger partial charge is 0.255 e. The number of carbonyl (C=O) groups is 1. The van der Waals surface area contributed by atoms with Crippen molar-refractivity contribution in [1.82, 2.24) is 5.32 Å². The third-order valence-corrected chi connectivity index (χ3v) is 4.37. The fraction of sp³-hybridized carbons (Fsp3) is 0.235. The van der Waals surface area contributed by atoms with E-state index in [1.165, 1.54) is 0 Å². The van der Waals surface area contributed by atoms with Crippen LogP contribution in [-0.2, 0) is 0 Å². The molecule has 2 heterocycles. The third kappa shape index (κ3) is 1.83. The molecule has 0 radical (unpaired) electrons. The molecule has 4 nitrogen and oxygen atoms in total. The molecule has 2 aromatic rings. The zero-order valence-electron chi connectivity index (χ0n) is 11.6. The van der Waals surface area contributed by atoms with Gasteiger partial charge in [0.2, 0.25) is 0 Å². The van der Waals surface area contributed by atoms with Crippen LogP contribution in [0, 0.1) is 0 Å². The zero-order valence-corrected chi connectivity index (χ0v) is 11.6. The van der Waals surface area contributed by atoms with Gasteiger partial charge in [-0.3, -0.25) is 4.79 Å². The molecular weight excluding hydrogens is 262 g/mol. The maximum atomic E-state index is 12.4. The Kier molecular flexibility index (Phi) is 2.72. The van der Waals surface area contributed by atoms with Crippen LogP contribution in [0.25, 0.3) is 0 Å². The number of hydrogen-bond acceptors (Lipinski definition) is 3. The van der Waals surface area contributed by atoms with Crippen molar-refractivity contribution in [2.24, 2.45) is 5.73 Å². The number of nitrogens with one attached hydrogen (secondary N) is 1. The van der Waals surface area contributed by atoms with E-state index in [-0.39, 0.29) is 18.1 Å². The van der Waals surface area contributed by atoms with Crippen molar-refractivity contribution in [3.63, 3.8) is 0 Å². The van der Waals surface area contributed by atoms with Crippen LogP contribution in [0.3, 0.4) is 0 Å². The van der Waals surface area contributed by atoms with E-state index in [2.05, 4.69) is 10.2 Å². The van der Waals surface area contributed by atoms with E-state index < -0.39 is 0 Å². The molecule has 106 valence electrons. The van der Waals surface area contributed by atoms with E-state index in [1.54, 1.807) is 0 Å². The Balaban J connectivity index is 1.88. The summed E-state index contributed by atoms with van der Waals surface area (Å²) in [6, 6.07) is 15.9. The van der Waals surface area contributed by atoms with Gasteiger partial charge in [0.1, 0.15) is 6.17 Å². The Morgan fingerprint density at radius 2 is 1.90 bits per heavy atom. The molecule has 0 spiro atoms. The predicted octanol–water partition coefficient (Wildman–Crippen LogP) is 2.34. The molecular formula is C17H17N3O. The van der Waals surface area contributed by atoms with Crippen molar-refractivity contribution in [2.75, 3.05) is 11.4 Å². The summed E-state index contributed by atoms with van der Waals surface area (Å²) >= 11 is 0. The fourth-order valence-corrected chi connectivity index (χ4v) is 3.35. The molecule has 0 fully saturated rings. The molecule has 0 aliphatic carbocycles. The van der Waals surface area contributed by atoms with Crippen LogP contribution < -0.4 is 16.0 Å². The van der Waals surface area contributed by atoms with Crippen LogP contribution in [0.5, 0.6) is 0 Å². The van der Waals surface area contributed by atoms with Crippen LogP contribution >= 0.6 is 0 Å². The van der Waals surface area contributed by atoms with Gasteiger partial charge in [-0.1, -0.05) is 42.5 Å². The van der Waals surface area contributed by atoms with E-state index >= 15 is 0 Å². The second-order valence-corrected chi connectivity index (χ2v) is 5.62. The van der Waals surface area contributed by atoms with Gasteiger partial charge in [0.25, 0.3) is 5.91 Å². The lowest BCUT2D eigenvalue weighted by atomic mass is 9.90. The second-order valence-electron chi connectivity index (χ2n) is 5.62. The third-order valence-electron chi connectivity index (χ3n) is 4.37. The van der Waals surface area contributed by atoms with E-state index in [0.29, 0.717) is 0 Å². The summed E-state index contributed by atoms with van der Waals surface area (Å²) in [6.07, 6.45) is 0.787. The standard InChI is InChI=1S/C17H17N3O/c18-14-9-10-20-15-12(14)7-4-8-13(15)17(21)19-16(20)11-5-2-1-3-6-11/h1-8,14,16H,9-10,18H2,(H,19,21)/t14-,16-/m1/s1. The van der Waals surface area contributed by atoms with Crippen molar-refractivity contribution in [3.8, 4) is 0 Å². The highest BCUT2D eigenvalue weighted by molar-refractivity contribution is 6.03. The normalized spacial score (nSPS) is 23.5. The van der Waals surface area contributed by atoms with Gasteiger partial charge < -0.3 is 16.0 Å². The topological polar surface area (TPSA) is 58.4 Å². The summed E-state index contributed by atoms with van der Waals surface area (Å²) in [6.45, 7) is 0.852. The number of para-hydroxylation sites is 1. The van der Waals surface area contributed by atoms with Gasteiger partial charge in [-0.05, 0) is 23.6 Å². The van der Waals surface area contributed by atoms with E-state index in [0.717, 1.165) is 35.3 Å². The fourth-order valence-electron chi connectivity index (χ4n) is 3.35. The lowest BCUT2D eigenvalue weighted by molar-refractivity contribution is 0.0925. The maximum absolute atomic E-state index is 12.4. The molecule has 2 atom stereocenters. The number of nitrogens with zero attached hydrogens (tertiary/aromatic N) is 1. The highest BCUT2D eigenvalue weighted by Gasteiger charge is 2.36. The number of benzene rings is 2. The molecule has 1 amide bonds. The average Bonchev–Trinajstić information content (AvgIpc) is 2.53. The minimum Gasteiger partial charge on any atom is -0.346 e. The summed E-state index contributed by atoms with van der Waals surface area (Å²) in [5.41, 5.74) is 10.1. The van der Waals surface area contributed by atoms with Gasteiger partial charge in [0.05, 0.1) is 11.3 Å². The van der Waals surface area contributed by atoms with E-state index in [1.807, 2.05) is 48.5 Å². The zero-order chi connectivity index (χ0) is 14.4. The van der Waals surface area contributed by atoms with Crippen LogP contribution in [0.15, 0.2) is 48.5 Å². The number of rotatable bonds is 1. The quantitative estimate of drug-likeness (QED) is 0.842. The average molecular weight is 279 g/mol. The van der Waals surface area contributed by atoms with Gasteiger partial charge in [-0.25, -0.2) is 0 Å². The van der Waals surface area contributed by atoms with Crippen LogP contribution in [0.1, 0.15) is 40.1 Å². The molecule has 2 aliphatic rings. The molecule has 4 heteroatoms. The minimum absolute atomic E-state index is 0.0125. The first-order valence-electron chi connectivity index (χ1n) is 7.26. The summed E-state index contributed by atoms with van der Waals surface area (Å²) in [7, 11) is 0. The molecule has 2 aromatic carbocycles. The second kappa shape index (κ2) is 4.60. The number of amides is 1. The highest BCUT2D eigenvalue weighted by atomic mass is 16.2. The van der Waals surface area contributed by atoms with E-state index in [4.69, 9.17) is 5.73 Å². The lowest BCUT2D eigenvalue weighted by Gasteiger charge is -2.44. The Labute approximate surface area is 123 Å². The monoisotopic (exact) mass is 279 g/mol. The van der Waals surface area contributed by atoms with Crippen molar-refractivity contribution in [3.05, 3.63) is 65.2 Å². The first-order chi connectivity index (χ1) is 10.3. The molecule has 0 saturated carbocycles. The molecule has 2 aliphatic heterocycles. The highest BCUT2D eigenvalue weighted by Crippen LogP contribution is 2.41. The molecule has 4 rings (SSSR count). The lowest BCUT2D eigenvalue weighted by Crippen LogP contribution is -2.49. The Morgan fingerprint density at radius 1 is 1.10 bits per heavy atom. The van der Waals surface area contributed by atoms with Gasteiger partial charge in [-0.15, -0.1) is 0 Å². The molecule has 0 aromatic heterocycles. The molecule has 0 saturated heterocycles. The van der Waals surface area contributed by atoms with Gasteiger partial charge in [-0.2, -0.15) is 0 Å². The van der Waals surface area contributed by atoms with Crippen LogP contribution in [-0.4, -0.2) is 12.5 Å². The van der Waals surface area contributed by atoms with Crippen molar-refractivity contribution in [1.29, 1.82) is 0 Å². The molecule has 3 N–H and O–H groups in total. The molecule has 0 bridgehead atoms. The van der Waals surface area contributed by atoms with Crippen molar-refractivity contribution >= 4 is 11.6 Å². The number of anilines is 1. The Hall–Kier alpha value is -2.33. The summed E-state index contributed by atoms with van der Waals surface area (Å²) < 4.78 is 0. The first-order valence-corrected chi connectivity index (χ1v) is 7.26. The van der Waals surface area contributed by atoms with Gasteiger partial charge in [0.15, 0.2) is 0 Å². The maximum Gasteiger partial charge on any atom is 0.255 e. The van der Waals surface area contributed by atoms with Gasteiger partial charge >= 0.3 is 0 Å². The Bertz CT molecular complexity index is 698. The first kappa shape index (κ1) is 12.4. The molecule has 0 unspecified atom stereocenters. The minimum atomic E-state index is -0.111.